The second-order valence-electron chi connectivity index (χ2n) is 3.33. The van der Waals surface area contributed by atoms with Gasteiger partial charge in [-0.25, -0.2) is 9.18 Å². The van der Waals surface area contributed by atoms with E-state index in [0.29, 0.717) is 11.3 Å². The summed E-state index contributed by atoms with van der Waals surface area (Å²) in [4.78, 5) is 21.1. The molecule has 0 radical (unpaired) electrons. The third-order valence-electron chi connectivity index (χ3n) is 2.23. The Labute approximate surface area is 101 Å². The Balaban J connectivity index is 2.64. The number of H-pyrrole nitrogens is 1. The molecule has 1 heterocycles. The largest absolute Gasteiger partial charge is 0.496 e. The molecule has 2 rings (SSSR count). The van der Waals surface area contributed by atoms with E-state index in [9.17, 15) is 9.18 Å². The third kappa shape index (κ3) is 2.29. The molecule has 0 fully saturated rings. The summed E-state index contributed by atoms with van der Waals surface area (Å²) in [5.74, 6) is 0.0419. The highest BCUT2D eigenvalue weighted by Gasteiger charge is 2.12. The van der Waals surface area contributed by atoms with Crippen LogP contribution in [0.1, 0.15) is 0 Å². The van der Waals surface area contributed by atoms with Crippen LogP contribution in [-0.4, -0.2) is 29.2 Å². The maximum absolute atomic E-state index is 13.2. The van der Waals surface area contributed by atoms with Crippen molar-refractivity contribution in [2.45, 2.75) is 0 Å². The van der Waals surface area contributed by atoms with Gasteiger partial charge in [0.2, 0.25) is 0 Å². The smallest absolute Gasteiger partial charge is 0.351 e. The monoisotopic (exact) mass is 251 g/mol. The van der Waals surface area contributed by atoms with Crippen molar-refractivity contribution in [2.24, 2.45) is 0 Å². The molecule has 0 aliphatic rings. The molecule has 0 spiro atoms. The highest BCUT2D eigenvalue weighted by atomic mass is 19.1. The fraction of sp³-hybridized carbons (Fsp3) is 0.182. The van der Waals surface area contributed by atoms with Gasteiger partial charge in [-0.2, -0.15) is 4.98 Å². The van der Waals surface area contributed by atoms with Crippen LogP contribution in [0.2, 0.25) is 0 Å². The molecule has 0 bridgehead atoms. The topological polar surface area (TPSA) is 77.1 Å². The zero-order valence-electron chi connectivity index (χ0n) is 9.73. The molecule has 0 aliphatic heterocycles. The Bertz CT molecular complexity index is 627. The lowest BCUT2D eigenvalue weighted by Crippen LogP contribution is -2.14. The molecule has 0 atom stereocenters. The minimum Gasteiger partial charge on any atom is -0.496 e. The van der Waals surface area contributed by atoms with Crippen LogP contribution >= 0.6 is 0 Å². The molecule has 6 nitrogen and oxygen atoms in total. The first-order valence-electron chi connectivity index (χ1n) is 5.00. The molecule has 1 aromatic carbocycles. The molecule has 0 unspecified atom stereocenters. The van der Waals surface area contributed by atoms with Crippen molar-refractivity contribution >= 4 is 0 Å². The second kappa shape index (κ2) is 4.82. The van der Waals surface area contributed by atoms with E-state index in [1.807, 2.05) is 0 Å². The fourth-order valence-electron chi connectivity index (χ4n) is 1.45. The van der Waals surface area contributed by atoms with Gasteiger partial charge >= 0.3 is 11.7 Å². The van der Waals surface area contributed by atoms with Gasteiger partial charge in [0.25, 0.3) is 0 Å². The van der Waals surface area contributed by atoms with Crippen molar-refractivity contribution in [3.8, 4) is 23.1 Å². The summed E-state index contributed by atoms with van der Waals surface area (Å²) in [6.45, 7) is 0. The number of hydrogen-bond acceptors (Lipinski definition) is 5. The Morgan fingerprint density at radius 2 is 2.00 bits per heavy atom. The molecule has 1 N–H and O–H groups in total. The first kappa shape index (κ1) is 12.0. The third-order valence-corrected chi connectivity index (χ3v) is 2.23. The molecule has 0 saturated carbocycles. The normalized spacial score (nSPS) is 10.2. The van der Waals surface area contributed by atoms with Crippen molar-refractivity contribution in [2.75, 3.05) is 14.2 Å². The molecule has 18 heavy (non-hydrogen) atoms. The van der Waals surface area contributed by atoms with E-state index in [1.54, 1.807) is 0 Å². The van der Waals surface area contributed by atoms with Crippen molar-refractivity contribution in [1.82, 2.24) is 15.0 Å². The van der Waals surface area contributed by atoms with Crippen molar-refractivity contribution in [1.29, 1.82) is 0 Å². The van der Waals surface area contributed by atoms with Gasteiger partial charge in [0.1, 0.15) is 11.6 Å². The van der Waals surface area contributed by atoms with E-state index in [1.165, 1.54) is 32.4 Å². The summed E-state index contributed by atoms with van der Waals surface area (Å²) in [6.07, 6.45) is 0. The number of halogens is 1. The van der Waals surface area contributed by atoms with Crippen LogP contribution in [0, 0.1) is 5.82 Å². The minimum atomic E-state index is -0.636. The molecule has 0 amide bonds. The van der Waals surface area contributed by atoms with E-state index in [4.69, 9.17) is 9.47 Å². The summed E-state index contributed by atoms with van der Waals surface area (Å²) in [5.41, 5.74) is -0.321. The Morgan fingerprint density at radius 1 is 1.22 bits per heavy atom. The molecule has 1 aromatic heterocycles. The standard InChI is InChI=1S/C11H10FN3O3/c1-17-8-4-3-6(12)5-7(8)9-13-10(16)15-11(14-9)18-2/h3-5H,1-2H3,(H,13,14,15,16). The van der Waals surface area contributed by atoms with Gasteiger partial charge in [-0.1, -0.05) is 0 Å². The molecular formula is C11H10FN3O3. The predicted octanol–water partition coefficient (Wildman–Crippen LogP) is 0.988. The second-order valence-corrected chi connectivity index (χ2v) is 3.33. The Kier molecular flexibility index (Phi) is 3.22. The van der Waals surface area contributed by atoms with E-state index >= 15 is 0 Å². The van der Waals surface area contributed by atoms with Gasteiger partial charge in [0, 0.05) is 0 Å². The fourth-order valence-corrected chi connectivity index (χ4v) is 1.45. The predicted molar refractivity (Wildman–Crippen MR) is 61.2 cm³/mol. The van der Waals surface area contributed by atoms with E-state index in [-0.39, 0.29) is 11.8 Å². The van der Waals surface area contributed by atoms with E-state index < -0.39 is 11.5 Å². The van der Waals surface area contributed by atoms with Crippen LogP contribution in [0.4, 0.5) is 4.39 Å². The van der Waals surface area contributed by atoms with Crippen LogP contribution in [0.15, 0.2) is 23.0 Å². The maximum Gasteiger partial charge on any atom is 0.351 e. The lowest BCUT2D eigenvalue weighted by molar-refractivity contribution is 0.376. The van der Waals surface area contributed by atoms with Gasteiger partial charge in [0.05, 0.1) is 19.8 Å². The van der Waals surface area contributed by atoms with Crippen LogP contribution in [-0.2, 0) is 0 Å². The summed E-state index contributed by atoms with van der Waals surface area (Å²) >= 11 is 0. The number of hydrogen-bond donors (Lipinski definition) is 1. The van der Waals surface area contributed by atoms with Gasteiger partial charge in [0.15, 0.2) is 5.82 Å². The highest BCUT2D eigenvalue weighted by Crippen LogP contribution is 2.27. The van der Waals surface area contributed by atoms with E-state index in [2.05, 4.69) is 15.0 Å². The van der Waals surface area contributed by atoms with Gasteiger partial charge in [-0.15, -0.1) is 4.98 Å². The van der Waals surface area contributed by atoms with Crippen LogP contribution in [0.25, 0.3) is 11.4 Å². The maximum atomic E-state index is 13.2. The highest BCUT2D eigenvalue weighted by molar-refractivity contribution is 5.64. The summed E-state index contributed by atoms with van der Waals surface area (Å²) in [6, 6.07) is 3.80. The van der Waals surface area contributed by atoms with Crippen LogP contribution in [0.5, 0.6) is 11.8 Å². The summed E-state index contributed by atoms with van der Waals surface area (Å²) < 4.78 is 23.1. The van der Waals surface area contributed by atoms with Crippen LogP contribution in [0.3, 0.4) is 0 Å². The average molecular weight is 251 g/mol. The lowest BCUT2D eigenvalue weighted by atomic mass is 10.2. The van der Waals surface area contributed by atoms with Gasteiger partial charge < -0.3 is 9.47 Å². The van der Waals surface area contributed by atoms with Crippen LogP contribution < -0.4 is 15.2 Å². The van der Waals surface area contributed by atoms with Gasteiger partial charge in [-0.05, 0) is 18.2 Å². The molecule has 94 valence electrons. The number of aromatic amines is 1. The van der Waals surface area contributed by atoms with Crippen molar-refractivity contribution in [3.63, 3.8) is 0 Å². The number of ether oxygens (including phenoxy) is 2. The van der Waals surface area contributed by atoms with Crippen molar-refractivity contribution < 1.29 is 13.9 Å². The van der Waals surface area contributed by atoms with Crippen molar-refractivity contribution in [3.05, 3.63) is 34.5 Å². The lowest BCUT2D eigenvalue weighted by Gasteiger charge is -2.08. The number of aromatic nitrogens is 3. The average Bonchev–Trinajstić information content (AvgIpc) is 2.38. The number of rotatable bonds is 3. The summed E-state index contributed by atoms with van der Waals surface area (Å²) in [7, 11) is 2.77. The zero-order valence-corrected chi connectivity index (χ0v) is 9.73. The molecule has 2 aromatic rings. The Morgan fingerprint density at radius 3 is 2.67 bits per heavy atom. The molecule has 7 heteroatoms. The van der Waals surface area contributed by atoms with Gasteiger partial charge in [-0.3, -0.25) is 4.98 Å². The first-order valence-corrected chi connectivity index (χ1v) is 5.00. The first-order chi connectivity index (χ1) is 8.63. The Hall–Kier alpha value is -2.44. The molecule has 0 aliphatic carbocycles. The summed E-state index contributed by atoms with van der Waals surface area (Å²) in [5, 5.41) is 0. The number of nitrogens with one attached hydrogen (secondary N) is 1. The zero-order chi connectivity index (χ0) is 13.1. The number of benzene rings is 1. The number of methoxy groups -OCH3 is 2. The molecular weight excluding hydrogens is 241 g/mol. The minimum absolute atomic E-state index is 0.0972. The molecule has 0 saturated heterocycles. The quantitative estimate of drug-likeness (QED) is 0.880. The number of nitrogens with zero attached hydrogens (tertiary/aromatic N) is 2. The SMILES string of the molecule is COc1nc(-c2cc(F)ccc2OC)[nH]c(=O)n1. The van der Waals surface area contributed by atoms with E-state index in [0.717, 1.165) is 0 Å².